The number of benzene rings is 1. The fourth-order valence-electron chi connectivity index (χ4n) is 2.07. The Balaban J connectivity index is 1.67. The summed E-state index contributed by atoms with van der Waals surface area (Å²) in [5.41, 5.74) is 2.43. The number of esters is 1. The summed E-state index contributed by atoms with van der Waals surface area (Å²) in [6.45, 7) is 4.24. The predicted octanol–water partition coefficient (Wildman–Crippen LogP) is 2.70. The maximum absolute atomic E-state index is 11.7. The average Bonchev–Trinajstić information content (AvgIpc) is 2.58. The van der Waals surface area contributed by atoms with Gasteiger partial charge in [-0.25, -0.2) is 9.78 Å². The lowest BCUT2D eigenvalue weighted by molar-refractivity contribution is -0.124. The first-order valence-corrected chi connectivity index (χ1v) is 8.09. The topological polar surface area (TPSA) is 77.5 Å². The lowest BCUT2D eigenvalue weighted by Gasteiger charge is -2.10. The Labute approximate surface area is 151 Å². The molecule has 1 heterocycles. The summed E-state index contributed by atoms with van der Waals surface area (Å²) in [5, 5.41) is 2.90. The molecule has 0 bridgehead atoms. The van der Waals surface area contributed by atoms with Gasteiger partial charge in [0.15, 0.2) is 6.61 Å². The van der Waals surface area contributed by atoms with Crippen molar-refractivity contribution in [1.29, 1.82) is 0 Å². The number of carbonyl (C=O) groups excluding carboxylic acids is 2. The summed E-state index contributed by atoms with van der Waals surface area (Å²) < 4.78 is 10.5. The second kappa shape index (κ2) is 9.03. The number of hydrogen-bond acceptors (Lipinski definition) is 5. The zero-order valence-electron chi connectivity index (χ0n) is 14.0. The van der Waals surface area contributed by atoms with E-state index in [1.165, 1.54) is 18.3 Å². The molecule has 0 fully saturated rings. The van der Waals surface area contributed by atoms with Crippen LogP contribution in [0.15, 0.2) is 36.5 Å². The molecular weight excluding hydrogens is 344 g/mol. The zero-order chi connectivity index (χ0) is 18.2. The molecular formula is C18H19ClN2O4. The van der Waals surface area contributed by atoms with Crippen LogP contribution in [-0.4, -0.2) is 36.6 Å². The van der Waals surface area contributed by atoms with Gasteiger partial charge >= 0.3 is 5.97 Å². The van der Waals surface area contributed by atoms with Gasteiger partial charge in [-0.05, 0) is 37.6 Å². The second-order valence-electron chi connectivity index (χ2n) is 5.41. The highest BCUT2D eigenvalue weighted by atomic mass is 35.5. The van der Waals surface area contributed by atoms with E-state index in [2.05, 4.69) is 10.3 Å². The number of amides is 1. The van der Waals surface area contributed by atoms with Gasteiger partial charge in [0.2, 0.25) is 0 Å². The Morgan fingerprint density at radius 1 is 1.20 bits per heavy atom. The van der Waals surface area contributed by atoms with Crippen molar-refractivity contribution >= 4 is 23.5 Å². The summed E-state index contributed by atoms with van der Waals surface area (Å²) in [4.78, 5) is 27.2. The molecule has 2 rings (SSSR count). The minimum Gasteiger partial charge on any atom is -0.491 e. The molecule has 0 aliphatic heterocycles. The number of pyridine rings is 1. The van der Waals surface area contributed by atoms with Crippen LogP contribution >= 0.6 is 11.6 Å². The maximum Gasteiger partial charge on any atom is 0.340 e. The number of nitrogens with one attached hydrogen (secondary N) is 1. The lowest BCUT2D eigenvalue weighted by atomic mass is 10.1. The number of halogens is 1. The van der Waals surface area contributed by atoms with Crippen molar-refractivity contribution in [3.8, 4) is 5.75 Å². The van der Waals surface area contributed by atoms with Crippen LogP contribution in [-0.2, 0) is 9.53 Å². The van der Waals surface area contributed by atoms with Crippen LogP contribution in [0.5, 0.6) is 5.75 Å². The first-order valence-electron chi connectivity index (χ1n) is 7.71. The second-order valence-corrected chi connectivity index (χ2v) is 5.80. The first kappa shape index (κ1) is 18.7. The van der Waals surface area contributed by atoms with Crippen molar-refractivity contribution in [2.75, 3.05) is 19.8 Å². The molecule has 1 amide bonds. The molecule has 1 aromatic carbocycles. The van der Waals surface area contributed by atoms with Gasteiger partial charge in [0, 0.05) is 6.20 Å². The van der Waals surface area contributed by atoms with Gasteiger partial charge in [0.05, 0.1) is 12.1 Å². The van der Waals surface area contributed by atoms with Crippen molar-refractivity contribution in [2.45, 2.75) is 13.8 Å². The molecule has 0 atom stereocenters. The molecule has 0 unspecified atom stereocenters. The van der Waals surface area contributed by atoms with E-state index >= 15 is 0 Å². The van der Waals surface area contributed by atoms with Gasteiger partial charge in [-0.15, -0.1) is 0 Å². The summed E-state index contributed by atoms with van der Waals surface area (Å²) in [7, 11) is 0. The predicted molar refractivity (Wildman–Crippen MR) is 94.0 cm³/mol. The Hall–Kier alpha value is -2.60. The number of rotatable bonds is 7. The van der Waals surface area contributed by atoms with Gasteiger partial charge in [0.1, 0.15) is 17.5 Å². The molecule has 0 aliphatic rings. The van der Waals surface area contributed by atoms with Crippen LogP contribution in [0.2, 0.25) is 5.15 Å². The van der Waals surface area contributed by atoms with E-state index in [0.29, 0.717) is 13.2 Å². The molecule has 0 saturated heterocycles. The number of hydrogen-bond donors (Lipinski definition) is 1. The average molecular weight is 363 g/mol. The quantitative estimate of drug-likeness (QED) is 0.465. The fourth-order valence-corrected chi connectivity index (χ4v) is 2.19. The Bertz CT molecular complexity index is 747. The molecule has 0 spiro atoms. The zero-order valence-corrected chi connectivity index (χ0v) is 14.8. The standard InChI is InChI=1S/C18H19ClN2O4/c1-12-3-5-15(13(2)9-12)24-8-7-20-17(22)11-25-18(23)14-4-6-16(19)21-10-14/h3-6,9-10H,7-8,11H2,1-2H3,(H,20,22). The molecule has 1 N–H and O–H groups in total. The molecule has 0 saturated carbocycles. The highest BCUT2D eigenvalue weighted by Gasteiger charge is 2.10. The van der Waals surface area contributed by atoms with E-state index in [9.17, 15) is 9.59 Å². The van der Waals surface area contributed by atoms with Crippen molar-refractivity contribution in [2.24, 2.45) is 0 Å². The highest BCUT2D eigenvalue weighted by Crippen LogP contribution is 2.18. The van der Waals surface area contributed by atoms with Crippen LogP contribution in [0.4, 0.5) is 0 Å². The van der Waals surface area contributed by atoms with Crippen molar-refractivity contribution in [3.63, 3.8) is 0 Å². The van der Waals surface area contributed by atoms with Gasteiger partial charge < -0.3 is 14.8 Å². The summed E-state index contributed by atoms with van der Waals surface area (Å²) in [6.07, 6.45) is 1.29. The normalized spacial score (nSPS) is 10.2. The van der Waals surface area contributed by atoms with E-state index in [1.807, 2.05) is 32.0 Å². The number of carbonyl (C=O) groups is 2. The molecule has 7 heteroatoms. The third kappa shape index (κ3) is 6.08. The van der Waals surface area contributed by atoms with Crippen molar-refractivity contribution in [1.82, 2.24) is 10.3 Å². The Kier molecular flexibility index (Phi) is 6.77. The van der Waals surface area contributed by atoms with Gasteiger partial charge in [0.25, 0.3) is 5.91 Å². The number of aromatic nitrogens is 1. The third-order valence-electron chi connectivity index (χ3n) is 3.31. The third-order valence-corrected chi connectivity index (χ3v) is 3.53. The van der Waals surface area contributed by atoms with E-state index in [4.69, 9.17) is 21.1 Å². The Morgan fingerprint density at radius 3 is 2.68 bits per heavy atom. The van der Waals surface area contributed by atoms with Crippen LogP contribution in [0.1, 0.15) is 21.5 Å². The SMILES string of the molecule is Cc1ccc(OCCNC(=O)COC(=O)c2ccc(Cl)nc2)c(C)c1. The van der Waals surface area contributed by atoms with Gasteiger partial charge in [-0.2, -0.15) is 0 Å². The number of ether oxygens (including phenoxy) is 2. The van der Waals surface area contributed by atoms with E-state index in [-0.39, 0.29) is 17.3 Å². The maximum atomic E-state index is 11.7. The fraction of sp³-hybridized carbons (Fsp3) is 0.278. The van der Waals surface area contributed by atoms with Crippen LogP contribution in [0, 0.1) is 13.8 Å². The summed E-state index contributed by atoms with van der Waals surface area (Å²) >= 11 is 5.64. The monoisotopic (exact) mass is 362 g/mol. The minimum atomic E-state index is -0.633. The molecule has 1 aromatic heterocycles. The van der Waals surface area contributed by atoms with E-state index in [0.717, 1.165) is 16.9 Å². The minimum absolute atomic E-state index is 0.232. The van der Waals surface area contributed by atoms with Crippen LogP contribution in [0.3, 0.4) is 0 Å². The van der Waals surface area contributed by atoms with Crippen LogP contribution < -0.4 is 10.1 Å². The molecule has 2 aromatic rings. The number of nitrogens with zero attached hydrogens (tertiary/aromatic N) is 1. The van der Waals surface area contributed by atoms with Gasteiger partial charge in [-0.1, -0.05) is 29.3 Å². The molecule has 25 heavy (non-hydrogen) atoms. The molecule has 6 nitrogen and oxygen atoms in total. The molecule has 0 radical (unpaired) electrons. The largest absolute Gasteiger partial charge is 0.491 e. The smallest absolute Gasteiger partial charge is 0.340 e. The summed E-state index contributed by atoms with van der Waals surface area (Å²) in [6, 6.07) is 8.84. The lowest BCUT2D eigenvalue weighted by Crippen LogP contribution is -2.32. The van der Waals surface area contributed by atoms with Crippen molar-refractivity contribution < 1.29 is 19.1 Å². The highest BCUT2D eigenvalue weighted by molar-refractivity contribution is 6.29. The van der Waals surface area contributed by atoms with E-state index in [1.54, 1.807) is 0 Å². The van der Waals surface area contributed by atoms with Crippen LogP contribution in [0.25, 0.3) is 0 Å². The van der Waals surface area contributed by atoms with Crippen molar-refractivity contribution in [3.05, 3.63) is 58.4 Å². The summed E-state index contributed by atoms with van der Waals surface area (Å²) in [5.74, 6) is -0.258. The Morgan fingerprint density at radius 2 is 2.00 bits per heavy atom. The molecule has 132 valence electrons. The van der Waals surface area contributed by atoms with E-state index < -0.39 is 11.9 Å². The first-order chi connectivity index (χ1) is 12.0. The molecule has 0 aliphatic carbocycles. The number of aryl methyl sites for hydroxylation is 2. The van der Waals surface area contributed by atoms with Gasteiger partial charge in [-0.3, -0.25) is 4.79 Å².